The molecule has 2 N–H and O–H groups in total. The molecular formula is C18H21BrN2O3S. The highest BCUT2D eigenvalue weighted by Crippen LogP contribution is 2.32. The van der Waals surface area contributed by atoms with E-state index in [-0.39, 0.29) is 30.6 Å². The molecule has 0 radical (unpaired) electrons. The minimum Gasteiger partial charge on any atom is -0.396 e. The molecular weight excluding hydrogens is 404 g/mol. The molecule has 1 aliphatic rings. The van der Waals surface area contributed by atoms with Crippen LogP contribution in [0.5, 0.6) is 0 Å². The van der Waals surface area contributed by atoms with Gasteiger partial charge in [-0.2, -0.15) is 0 Å². The van der Waals surface area contributed by atoms with Gasteiger partial charge < -0.3 is 15.2 Å². The normalized spacial score (nSPS) is 19.6. The lowest BCUT2D eigenvalue weighted by Gasteiger charge is -2.24. The Morgan fingerprint density at radius 3 is 2.88 bits per heavy atom. The molecule has 134 valence electrons. The highest BCUT2D eigenvalue weighted by atomic mass is 79.9. The van der Waals surface area contributed by atoms with Crippen molar-refractivity contribution >= 4 is 33.2 Å². The number of carbonyl (C=O) groups excluding carboxylic acids is 1. The van der Waals surface area contributed by atoms with Gasteiger partial charge in [0.05, 0.1) is 12.2 Å². The third-order valence-electron chi connectivity index (χ3n) is 4.33. The van der Waals surface area contributed by atoms with Crippen molar-refractivity contribution in [2.24, 2.45) is 5.92 Å². The topological polar surface area (TPSA) is 71.5 Å². The molecule has 3 rings (SSSR count). The fourth-order valence-electron chi connectivity index (χ4n) is 2.86. The second-order valence-electron chi connectivity index (χ2n) is 6.23. The van der Waals surface area contributed by atoms with Crippen molar-refractivity contribution in [3.8, 4) is 0 Å². The summed E-state index contributed by atoms with van der Waals surface area (Å²) in [5.74, 6) is -0.273. The second-order valence-corrected chi connectivity index (χ2v) is 8.20. The van der Waals surface area contributed by atoms with Crippen molar-refractivity contribution in [3.63, 3.8) is 0 Å². The smallest absolute Gasteiger partial charge is 0.263 e. The minimum atomic E-state index is -0.265. The largest absolute Gasteiger partial charge is 0.396 e. The molecule has 2 heterocycles. The number of ether oxygens (including phenoxy) is 1. The van der Waals surface area contributed by atoms with E-state index in [0.717, 1.165) is 34.5 Å². The maximum Gasteiger partial charge on any atom is 0.263 e. The number of nitrogens with one attached hydrogen (secondary N) is 1. The van der Waals surface area contributed by atoms with Gasteiger partial charge in [-0.25, -0.2) is 4.98 Å². The second kappa shape index (κ2) is 8.40. The summed E-state index contributed by atoms with van der Waals surface area (Å²) in [4.78, 5) is 17.6. The summed E-state index contributed by atoms with van der Waals surface area (Å²) < 4.78 is 6.60. The van der Waals surface area contributed by atoms with Crippen molar-refractivity contribution < 1.29 is 14.6 Å². The fourth-order valence-corrected chi connectivity index (χ4v) is 4.03. The van der Waals surface area contributed by atoms with Gasteiger partial charge in [-0.05, 0) is 30.5 Å². The van der Waals surface area contributed by atoms with E-state index in [1.807, 2.05) is 31.2 Å². The van der Waals surface area contributed by atoms with Crippen molar-refractivity contribution in [2.45, 2.75) is 31.9 Å². The number of carbonyl (C=O) groups is 1. The van der Waals surface area contributed by atoms with Gasteiger partial charge in [0.2, 0.25) is 0 Å². The van der Waals surface area contributed by atoms with Gasteiger partial charge in [-0.15, -0.1) is 11.3 Å². The number of aliphatic hydroxyl groups is 1. The number of rotatable bonds is 6. The molecule has 7 heteroatoms. The van der Waals surface area contributed by atoms with Crippen LogP contribution < -0.4 is 5.32 Å². The minimum absolute atomic E-state index is 0.00906. The predicted molar refractivity (Wildman–Crippen MR) is 101 cm³/mol. The zero-order chi connectivity index (χ0) is 17.8. The maximum absolute atomic E-state index is 12.7. The Hall–Kier alpha value is -1.28. The quantitative estimate of drug-likeness (QED) is 0.738. The first-order chi connectivity index (χ1) is 12.1. The van der Waals surface area contributed by atoms with Crippen LogP contribution in [0.3, 0.4) is 0 Å². The van der Waals surface area contributed by atoms with Gasteiger partial charge in [-0.1, -0.05) is 35.0 Å². The lowest BCUT2D eigenvalue weighted by molar-refractivity contribution is 0.0913. The van der Waals surface area contributed by atoms with Gasteiger partial charge in [0.1, 0.15) is 16.0 Å². The Morgan fingerprint density at radius 1 is 1.48 bits per heavy atom. The summed E-state index contributed by atoms with van der Waals surface area (Å²) in [7, 11) is 0. The summed E-state index contributed by atoms with van der Waals surface area (Å²) in [5.41, 5.74) is 0.960. The summed E-state index contributed by atoms with van der Waals surface area (Å²) >= 11 is 4.80. The van der Waals surface area contributed by atoms with Crippen LogP contribution in [-0.2, 0) is 4.74 Å². The van der Waals surface area contributed by atoms with E-state index in [1.165, 1.54) is 11.3 Å². The van der Waals surface area contributed by atoms with Gasteiger partial charge in [0.25, 0.3) is 5.91 Å². The molecule has 1 aliphatic heterocycles. The highest BCUT2D eigenvalue weighted by Gasteiger charge is 2.25. The van der Waals surface area contributed by atoms with Gasteiger partial charge in [-0.3, -0.25) is 4.79 Å². The third kappa shape index (κ3) is 4.47. The van der Waals surface area contributed by atoms with Crippen molar-refractivity contribution in [1.29, 1.82) is 0 Å². The molecule has 1 aromatic heterocycles. The number of nitrogens with zero attached hydrogens (tertiary/aromatic N) is 1. The van der Waals surface area contributed by atoms with Crippen LogP contribution in [0.25, 0.3) is 0 Å². The van der Waals surface area contributed by atoms with Crippen molar-refractivity contribution in [2.75, 3.05) is 13.2 Å². The Labute approximate surface area is 159 Å². The molecule has 0 bridgehead atoms. The lowest BCUT2D eigenvalue weighted by atomic mass is 9.95. The van der Waals surface area contributed by atoms with Gasteiger partial charge in [0.15, 0.2) is 0 Å². The van der Waals surface area contributed by atoms with Gasteiger partial charge >= 0.3 is 0 Å². The van der Waals surface area contributed by atoms with Crippen LogP contribution in [0.1, 0.15) is 52.2 Å². The number of halogens is 1. The molecule has 1 saturated heterocycles. The first-order valence-corrected chi connectivity index (χ1v) is 9.94. The Kier molecular flexibility index (Phi) is 6.22. The highest BCUT2D eigenvalue weighted by molar-refractivity contribution is 9.10. The molecule has 1 aromatic carbocycles. The average Bonchev–Trinajstić information content (AvgIpc) is 3.30. The number of hydrogen-bond acceptors (Lipinski definition) is 5. The maximum atomic E-state index is 12.7. The zero-order valence-electron chi connectivity index (χ0n) is 13.9. The number of benzene rings is 1. The molecule has 5 nitrogen and oxygen atoms in total. The summed E-state index contributed by atoms with van der Waals surface area (Å²) in [6.07, 6.45) is 3.62. The van der Waals surface area contributed by atoms with E-state index in [4.69, 9.17) is 4.74 Å². The molecule has 1 fully saturated rings. The summed E-state index contributed by atoms with van der Waals surface area (Å²) in [5, 5.41) is 13.5. The van der Waals surface area contributed by atoms with Gasteiger partial charge in [0, 0.05) is 23.6 Å². The monoisotopic (exact) mass is 424 g/mol. The molecule has 25 heavy (non-hydrogen) atoms. The predicted octanol–water partition coefficient (Wildman–Crippen LogP) is 3.86. The zero-order valence-corrected chi connectivity index (χ0v) is 16.3. The van der Waals surface area contributed by atoms with E-state index >= 15 is 0 Å². The van der Waals surface area contributed by atoms with Crippen LogP contribution in [0.4, 0.5) is 0 Å². The molecule has 0 aliphatic carbocycles. The summed E-state index contributed by atoms with van der Waals surface area (Å²) in [6, 6.07) is 7.50. The number of aliphatic hydroxyl groups excluding tert-OH is 1. The molecule has 0 spiro atoms. The molecule has 0 unspecified atom stereocenters. The third-order valence-corrected chi connectivity index (χ3v) is 5.94. The van der Waals surface area contributed by atoms with E-state index in [0.29, 0.717) is 4.88 Å². The lowest BCUT2D eigenvalue weighted by Crippen LogP contribution is -2.33. The van der Waals surface area contributed by atoms with E-state index in [9.17, 15) is 9.90 Å². The Balaban J connectivity index is 1.74. The van der Waals surface area contributed by atoms with Crippen LogP contribution in [0.15, 0.2) is 34.9 Å². The molecule has 1 amide bonds. The number of hydrogen-bond donors (Lipinski definition) is 2. The molecule has 3 atom stereocenters. The molecule has 2 aromatic rings. The SMILES string of the molecule is C[C@H](CO)[C@H](NC(=O)c1cnc([C@@H]2CCCO2)s1)c1ccc(Br)cc1. The van der Waals surface area contributed by atoms with E-state index in [1.54, 1.807) is 6.20 Å². The van der Waals surface area contributed by atoms with Crippen LogP contribution in [0.2, 0.25) is 0 Å². The number of aromatic nitrogens is 1. The first-order valence-electron chi connectivity index (χ1n) is 8.33. The number of thiazole rings is 1. The average molecular weight is 425 g/mol. The van der Waals surface area contributed by atoms with E-state index in [2.05, 4.69) is 26.2 Å². The Bertz CT molecular complexity index is 713. The first kappa shape index (κ1) is 18.5. The molecule has 0 saturated carbocycles. The van der Waals surface area contributed by atoms with Crippen LogP contribution in [0, 0.1) is 5.92 Å². The standard InChI is InChI=1S/C18H21BrN2O3S/c1-11(10-22)16(12-4-6-13(19)7-5-12)21-17(23)15-9-20-18(25-15)14-3-2-8-24-14/h4-7,9,11,14,16,22H,2-3,8,10H2,1H3,(H,21,23)/t11-,14+,16+/m1/s1. The van der Waals surface area contributed by atoms with Crippen LogP contribution >= 0.6 is 27.3 Å². The fraction of sp³-hybridized carbons (Fsp3) is 0.444. The Morgan fingerprint density at radius 2 is 2.24 bits per heavy atom. The van der Waals surface area contributed by atoms with Crippen molar-refractivity contribution in [1.82, 2.24) is 10.3 Å². The van der Waals surface area contributed by atoms with E-state index < -0.39 is 0 Å². The summed E-state index contributed by atoms with van der Waals surface area (Å²) in [6.45, 7) is 2.66. The van der Waals surface area contributed by atoms with Crippen molar-refractivity contribution in [3.05, 3.63) is 50.4 Å². The number of amides is 1. The van der Waals surface area contributed by atoms with Crippen LogP contribution in [-0.4, -0.2) is 29.2 Å².